The molecule has 1 aromatic rings. The molecule has 0 aliphatic carbocycles. The maximum Gasteiger partial charge on any atom is 0.340 e. The van der Waals surface area contributed by atoms with Crippen molar-refractivity contribution in [3.05, 3.63) is 35.4 Å². The van der Waals surface area contributed by atoms with Crippen molar-refractivity contribution in [2.75, 3.05) is 14.2 Å². The second kappa shape index (κ2) is 7.62. The van der Waals surface area contributed by atoms with E-state index in [0.29, 0.717) is 0 Å². The van der Waals surface area contributed by atoms with Crippen molar-refractivity contribution < 1.29 is 28.5 Å². The molecule has 1 aromatic carbocycles. The summed E-state index contributed by atoms with van der Waals surface area (Å²) in [5.74, 6) is -1.15. The first-order valence-corrected chi connectivity index (χ1v) is 6.05. The van der Waals surface area contributed by atoms with Crippen molar-refractivity contribution in [1.82, 2.24) is 0 Å². The third-order valence-electron chi connectivity index (χ3n) is 2.54. The predicted molar refractivity (Wildman–Crippen MR) is 70.2 cm³/mol. The highest BCUT2D eigenvalue weighted by atomic mass is 16.7. The van der Waals surface area contributed by atoms with Gasteiger partial charge in [-0.05, 0) is 32.0 Å². The standard InChI is InChI=1S/C14H18O6/c1-9(17-3)19-13(15)11-6-5-7-12(8-11)14(16)20-10(2)18-4/h5-10H,1-4H3. The van der Waals surface area contributed by atoms with Gasteiger partial charge in [-0.3, -0.25) is 0 Å². The third-order valence-corrected chi connectivity index (χ3v) is 2.54. The van der Waals surface area contributed by atoms with Gasteiger partial charge in [-0.1, -0.05) is 6.07 Å². The van der Waals surface area contributed by atoms with Crippen molar-refractivity contribution in [3.8, 4) is 0 Å². The molecule has 20 heavy (non-hydrogen) atoms. The average molecular weight is 282 g/mol. The maximum atomic E-state index is 11.8. The molecule has 0 heterocycles. The molecule has 2 atom stereocenters. The first kappa shape index (κ1) is 16.1. The number of rotatable bonds is 6. The van der Waals surface area contributed by atoms with Crippen LogP contribution in [0, 0.1) is 0 Å². The molecule has 6 heteroatoms. The molecule has 0 amide bonds. The van der Waals surface area contributed by atoms with Crippen LogP contribution in [0.25, 0.3) is 0 Å². The molecular formula is C14H18O6. The summed E-state index contributed by atoms with van der Waals surface area (Å²) < 4.78 is 19.6. The van der Waals surface area contributed by atoms with Gasteiger partial charge in [0.1, 0.15) is 0 Å². The van der Waals surface area contributed by atoms with E-state index in [4.69, 9.17) is 18.9 Å². The third kappa shape index (κ3) is 4.64. The molecule has 0 aliphatic heterocycles. The van der Waals surface area contributed by atoms with Crippen LogP contribution >= 0.6 is 0 Å². The molecule has 110 valence electrons. The highest BCUT2D eigenvalue weighted by Crippen LogP contribution is 2.10. The van der Waals surface area contributed by atoms with Crippen molar-refractivity contribution in [2.24, 2.45) is 0 Å². The second-order valence-electron chi connectivity index (χ2n) is 4.00. The molecule has 0 aliphatic rings. The van der Waals surface area contributed by atoms with Gasteiger partial charge in [0.05, 0.1) is 11.1 Å². The normalized spacial score (nSPS) is 13.4. The minimum Gasteiger partial charge on any atom is -0.432 e. The summed E-state index contributed by atoms with van der Waals surface area (Å²) in [5, 5.41) is 0. The smallest absolute Gasteiger partial charge is 0.340 e. The molecule has 0 aromatic heterocycles. The molecule has 0 saturated heterocycles. The summed E-state index contributed by atoms with van der Waals surface area (Å²) in [6.45, 7) is 3.19. The lowest BCUT2D eigenvalue weighted by molar-refractivity contribution is -0.0774. The van der Waals surface area contributed by atoms with Crippen molar-refractivity contribution in [2.45, 2.75) is 26.4 Å². The molecule has 0 bridgehead atoms. The fraction of sp³-hybridized carbons (Fsp3) is 0.429. The summed E-state index contributed by atoms with van der Waals surface area (Å²) >= 11 is 0. The lowest BCUT2D eigenvalue weighted by Gasteiger charge is -2.12. The van der Waals surface area contributed by atoms with E-state index in [1.165, 1.54) is 20.3 Å². The van der Waals surface area contributed by atoms with Gasteiger partial charge in [-0.2, -0.15) is 0 Å². The fourth-order valence-electron chi connectivity index (χ4n) is 1.31. The van der Waals surface area contributed by atoms with Gasteiger partial charge in [-0.25, -0.2) is 9.59 Å². The number of methoxy groups -OCH3 is 2. The zero-order valence-electron chi connectivity index (χ0n) is 11.9. The van der Waals surface area contributed by atoms with Crippen LogP contribution in [0.4, 0.5) is 0 Å². The summed E-state index contributed by atoms with van der Waals surface area (Å²) in [4.78, 5) is 23.6. The minimum atomic E-state index is -0.661. The van der Waals surface area contributed by atoms with Gasteiger partial charge in [0.15, 0.2) is 12.6 Å². The van der Waals surface area contributed by atoms with Crippen LogP contribution in [0.2, 0.25) is 0 Å². The summed E-state index contributed by atoms with van der Waals surface area (Å²) in [5.41, 5.74) is 0.488. The van der Waals surface area contributed by atoms with Crippen molar-refractivity contribution >= 4 is 11.9 Å². The zero-order chi connectivity index (χ0) is 15.1. The largest absolute Gasteiger partial charge is 0.432 e. The van der Waals surface area contributed by atoms with Crippen LogP contribution in [0.1, 0.15) is 34.6 Å². The second-order valence-corrected chi connectivity index (χ2v) is 4.00. The quantitative estimate of drug-likeness (QED) is 0.587. The van der Waals surface area contributed by atoms with Gasteiger partial charge in [0, 0.05) is 14.2 Å². The first-order chi connectivity index (χ1) is 9.47. The molecule has 2 unspecified atom stereocenters. The fourth-order valence-corrected chi connectivity index (χ4v) is 1.31. The van der Waals surface area contributed by atoms with Crippen molar-refractivity contribution in [3.63, 3.8) is 0 Å². The molecule has 0 radical (unpaired) electrons. The Bertz CT molecular complexity index is 431. The Morgan fingerprint density at radius 2 is 1.30 bits per heavy atom. The number of esters is 2. The Balaban J connectivity index is 2.80. The maximum absolute atomic E-state index is 11.8. The monoisotopic (exact) mass is 282 g/mol. The van der Waals surface area contributed by atoms with E-state index in [1.54, 1.807) is 32.0 Å². The molecule has 0 spiro atoms. The molecule has 0 fully saturated rings. The minimum absolute atomic E-state index is 0.244. The summed E-state index contributed by atoms with van der Waals surface area (Å²) in [6, 6.07) is 6.06. The van der Waals surface area contributed by atoms with Gasteiger partial charge >= 0.3 is 11.9 Å². The number of carbonyl (C=O) groups is 2. The Hall–Kier alpha value is -1.92. The number of ether oxygens (including phenoxy) is 4. The number of carbonyl (C=O) groups excluding carboxylic acids is 2. The van der Waals surface area contributed by atoms with Crippen LogP contribution < -0.4 is 0 Å². The first-order valence-electron chi connectivity index (χ1n) is 6.05. The van der Waals surface area contributed by atoms with Gasteiger partial charge < -0.3 is 18.9 Å². The zero-order valence-corrected chi connectivity index (χ0v) is 11.9. The highest BCUT2D eigenvalue weighted by molar-refractivity contribution is 5.95. The van der Waals surface area contributed by atoms with E-state index in [0.717, 1.165) is 0 Å². The predicted octanol–water partition coefficient (Wildman–Crippen LogP) is 1.98. The van der Waals surface area contributed by atoms with Crippen LogP contribution in [0.15, 0.2) is 24.3 Å². The molecule has 0 saturated carbocycles. The number of hydrogen-bond acceptors (Lipinski definition) is 6. The van der Waals surface area contributed by atoms with E-state index in [2.05, 4.69) is 0 Å². The van der Waals surface area contributed by atoms with Gasteiger partial charge in [-0.15, -0.1) is 0 Å². The Morgan fingerprint density at radius 3 is 1.65 bits per heavy atom. The topological polar surface area (TPSA) is 71.1 Å². The van der Waals surface area contributed by atoms with E-state index in [9.17, 15) is 9.59 Å². The van der Waals surface area contributed by atoms with E-state index >= 15 is 0 Å². The Kier molecular flexibility index (Phi) is 6.14. The number of benzene rings is 1. The molecule has 6 nitrogen and oxygen atoms in total. The highest BCUT2D eigenvalue weighted by Gasteiger charge is 2.16. The summed E-state index contributed by atoms with van der Waals surface area (Å²) in [7, 11) is 2.86. The van der Waals surface area contributed by atoms with Gasteiger partial charge in [0.25, 0.3) is 0 Å². The molecular weight excluding hydrogens is 264 g/mol. The van der Waals surface area contributed by atoms with Gasteiger partial charge in [0.2, 0.25) is 0 Å². The van der Waals surface area contributed by atoms with E-state index < -0.39 is 24.5 Å². The van der Waals surface area contributed by atoms with E-state index in [1.807, 2.05) is 0 Å². The SMILES string of the molecule is COC(C)OC(=O)c1cccc(C(=O)OC(C)OC)c1. The van der Waals surface area contributed by atoms with E-state index in [-0.39, 0.29) is 11.1 Å². The van der Waals surface area contributed by atoms with Crippen LogP contribution in [0.5, 0.6) is 0 Å². The lowest BCUT2D eigenvalue weighted by Crippen LogP contribution is -2.18. The average Bonchev–Trinajstić information content (AvgIpc) is 2.46. The molecule has 1 rings (SSSR count). The number of hydrogen-bond donors (Lipinski definition) is 0. The van der Waals surface area contributed by atoms with Crippen LogP contribution in [0.3, 0.4) is 0 Å². The van der Waals surface area contributed by atoms with Crippen molar-refractivity contribution in [1.29, 1.82) is 0 Å². The molecule has 0 N–H and O–H groups in total. The Labute approximate surface area is 117 Å². The van der Waals surface area contributed by atoms with Crippen LogP contribution in [-0.4, -0.2) is 38.7 Å². The Morgan fingerprint density at radius 1 is 0.900 bits per heavy atom. The lowest BCUT2D eigenvalue weighted by atomic mass is 10.1. The summed E-state index contributed by atoms with van der Waals surface area (Å²) in [6.07, 6.45) is -1.32. The van der Waals surface area contributed by atoms with Crippen LogP contribution in [-0.2, 0) is 18.9 Å².